The van der Waals surface area contributed by atoms with Crippen LogP contribution < -0.4 is 98.2 Å². The van der Waals surface area contributed by atoms with Gasteiger partial charge in [-0.15, -0.1) is 0 Å². The number of hydrogen-bond acceptors (Lipinski definition) is 22. The van der Waals surface area contributed by atoms with Crippen LogP contribution in [0.1, 0.15) is 155 Å². The van der Waals surface area contributed by atoms with Gasteiger partial charge in [0, 0.05) is 38.8 Å². The number of benzene rings is 2. The Hall–Kier alpha value is -11.9. The highest BCUT2D eigenvalue weighted by atomic mass is 16.4. The fraction of sp³-hybridized carbons (Fsp3) is 0.592. The van der Waals surface area contributed by atoms with Gasteiger partial charge in [-0.25, -0.2) is 4.79 Å². The molecule has 1 heterocycles. The average molecular weight is 1660 g/mol. The lowest BCUT2D eigenvalue weighted by Gasteiger charge is -2.31. The van der Waals surface area contributed by atoms with Crippen LogP contribution in [0.2, 0.25) is 0 Å². The lowest BCUT2D eigenvalue weighted by Crippen LogP contribution is -2.60. The Morgan fingerprint density at radius 2 is 0.847 bits per heavy atom. The molecule has 0 aliphatic carbocycles. The van der Waals surface area contributed by atoms with Crippen LogP contribution in [0, 0.1) is 17.8 Å². The number of carboxylic acids is 3. The van der Waals surface area contributed by atoms with Gasteiger partial charge in [0.1, 0.15) is 72.5 Å². The maximum atomic E-state index is 14.9. The number of unbranched alkanes of at least 4 members (excludes halogenated alkanes) is 1. The summed E-state index contributed by atoms with van der Waals surface area (Å²) in [5.41, 5.74) is 34.3. The zero-order valence-corrected chi connectivity index (χ0v) is 67.3. The molecule has 42 heteroatoms. The number of nitrogens with two attached hydrogens (primary N) is 6. The lowest BCUT2D eigenvalue weighted by atomic mass is 9.98. The first-order chi connectivity index (χ1) is 55.6. The summed E-state index contributed by atoms with van der Waals surface area (Å²) >= 11 is 0. The summed E-state index contributed by atoms with van der Waals surface area (Å²) in [4.78, 5) is 248. The highest BCUT2D eigenvalue weighted by molar-refractivity contribution is 6.01. The third-order valence-electron chi connectivity index (χ3n) is 18.4. The smallest absolute Gasteiger partial charge is 0.326 e. The van der Waals surface area contributed by atoms with Crippen molar-refractivity contribution in [1.29, 1.82) is 0 Å². The fourth-order valence-corrected chi connectivity index (χ4v) is 12.5. The number of nitrogens with zero attached hydrogens (tertiary/aromatic N) is 2. The maximum absolute atomic E-state index is 14.9. The van der Waals surface area contributed by atoms with Crippen molar-refractivity contribution in [3.63, 3.8) is 0 Å². The number of aliphatic hydroxyl groups excluding tert-OH is 1. The van der Waals surface area contributed by atoms with Crippen molar-refractivity contribution in [2.75, 3.05) is 32.8 Å². The van der Waals surface area contributed by atoms with Gasteiger partial charge in [-0.1, -0.05) is 102 Å². The van der Waals surface area contributed by atoms with Gasteiger partial charge in [-0.05, 0) is 112 Å². The van der Waals surface area contributed by atoms with Crippen LogP contribution in [0.4, 0.5) is 0 Å². The molecule has 0 saturated carbocycles. The van der Waals surface area contributed by atoms with Crippen molar-refractivity contribution >= 4 is 112 Å². The molecule has 1 fully saturated rings. The van der Waals surface area contributed by atoms with E-state index in [9.17, 15) is 102 Å². The topological polar surface area (TPSA) is 704 Å². The Kier molecular flexibility index (Phi) is 44.1. The summed E-state index contributed by atoms with van der Waals surface area (Å²) < 4.78 is 0. The molecule has 0 unspecified atom stereocenters. The third kappa shape index (κ3) is 37.8. The van der Waals surface area contributed by atoms with Gasteiger partial charge in [-0.2, -0.15) is 0 Å². The minimum Gasteiger partial charge on any atom is -0.481 e. The predicted molar refractivity (Wildman–Crippen MR) is 425 cm³/mol. The first kappa shape index (κ1) is 100. The van der Waals surface area contributed by atoms with E-state index < -0.39 is 224 Å². The summed E-state index contributed by atoms with van der Waals surface area (Å²) in [7, 11) is 0. The number of likely N-dealkylation sites (tertiary alicyclic amines) is 1. The minimum atomic E-state index is -2.06. The van der Waals surface area contributed by atoms with E-state index >= 15 is 0 Å². The van der Waals surface area contributed by atoms with Crippen LogP contribution in [0.5, 0.6) is 0 Å². The first-order valence-corrected chi connectivity index (χ1v) is 39.0. The first-order valence-electron chi connectivity index (χ1n) is 39.0. The SMILES string of the molecule is CC(C)C[C@H](NC(=O)[C@H](CC(C)C)NC(=O)[C@H](Cc1ccccc1)NC(=O)[C@H](CCCCN)NC(=O)[C@H](CCCN=C(N)N)NC(=O)CNC(=O)[C@H](CC(C)C)NC(=O)[C@@H]1CCCN1C(=O)[C@H](Cc1ccccc1)NC(=O)[C@H](CCC(N)=O)NC(=O)[C@H](CC(=O)O)NC(=O)[C@H](CO)NC(=O)[C@@H](N)CC(=O)O)C(=O)N[C@@H](CCC(N)=O)C(=O)O. The monoisotopic (exact) mass is 1660 g/mol. The Labute approximate surface area is 682 Å². The molecule has 42 nitrogen and oxygen atoms in total. The summed E-state index contributed by atoms with van der Waals surface area (Å²) in [6, 6.07) is -3.59. The second kappa shape index (κ2) is 51.9. The average Bonchev–Trinajstić information content (AvgIpc) is 1.63. The number of aliphatic imine (C=N–C) groups is 1. The number of rotatable bonds is 55. The van der Waals surface area contributed by atoms with Crippen LogP contribution in [0.25, 0.3) is 0 Å². The molecule has 13 atom stereocenters. The van der Waals surface area contributed by atoms with Gasteiger partial charge < -0.3 is 124 Å². The maximum Gasteiger partial charge on any atom is 0.326 e. The molecule has 3 rings (SSSR count). The molecular weight excluding hydrogens is 1540 g/mol. The Balaban J connectivity index is 1.94. The second-order valence-electron chi connectivity index (χ2n) is 30.0. The summed E-state index contributed by atoms with van der Waals surface area (Å²) in [5, 5.41) is 68.4. The van der Waals surface area contributed by atoms with Crippen molar-refractivity contribution in [2.45, 2.75) is 236 Å². The van der Waals surface area contributed by atoms with E-state index in [1.165, 1.54) is 0 Å². The zero-order chi connectivity index (χ0) is 88.5. The normalized spacial score (nSPS) is 15.5. The summed E-state index contributed by atoms with van der Waals surface area (Å²) in [6.07, 6.45) is -3.58. The van der Waals surface area contributed by atoms with Crippen molar-refractivity contribution < 1.29 is 107 Å². The molecule has 0 aromatic heterocycles. The van der Waals surface area contributed by atoms with Gasteiger partial charge in [0.2, 0.25) is 88.6 Å². The second-order valence-corrected chi connectivity index (χ2v) is 30.0. The minimum absolute atomic E-state index is 0.00958. The molecule has 654 valence electrons. The van der Waals surface area contributed by atoms with Gasteiger partial charge in [0.05, 0.1) is 32.0 Å². The number of hydrogen-bond donors (Lipinski definition) is 22. The van der Waals surface area contributed by atoms with Crippen molar-refractivity contribution in [3.05, 3.63) is 71.8 Å². The van der Waals surface area contributed by atoms with E-state index in [4.69, 9.17) is 39.5 Å². The Morgan fingerprint density at radius 1 is 0.449 bits per heavy atom. The highest BCUT2D eigenvalue weighted by Gasteiger charge is 2.42. The lowest BCUT2D eigenvalue weighted by molar-refractivity contribution is -0.143. The number of carboxylic acid groups (broad SMARTS) is 3. The molecular formula is C76H118N20O22. The molecule has 1 aliphatic heterocycles. The molecule has 1 aliphatic rings. The van der Waals surface area contributed by atoms with Crippen LogP contribution in [0.15, 0.2) is 65.7 Å². The number of guanidine groups is 1. The number of nitrogens with one attached hydrogen (secondary N) is 12. The molecule has 118 heavy (non-hydrogen) atoms. The van der Waals surface area contributed by atoms with E-state index in [1.807, 2.05) is 10.6 Å². The number of carbonyl (C=O) groups is 18. The molecule has 0 radical (unpaired) electrons. The van der Waals surface area contributed by atoms with Crippen LogP contribution in [-0.2, 0) is 99.1 Å². The molecule has 2 aromatic carbocycles. The van der Waals surface area contributed by atoms with E-state index in [1.54, 1.807) is 102 Å². The van der Waals surface area contributed by atoms with E-state index in [2.05, 4.69) is 58.2 Å². The quantitative estimate of drug-likeness (QED) is 0.0167. The van der Waals surface area contributed by atoms with E-state index in [0.717, 1.165) is 4.90 Å². The van der Waals surface area contributed by atoms with Gasteiger partial charge >= 0.3 is 17.9 Å². The summed E-state index contributed by atoms with van der Waals surface area (Å²) in [6.45, 7) is 8.63. The molecule has 2 aromatic rings. The fourth-order valence-electron chi connectivity index (χ4n) is 12.5. The van der Waals surface area contributed by atoms with Crippen LogP contribution in [-0.4, -0.2) is 249 Å². The largest absolute Gasteiger partial charge is 0.481 e. The van der Waals surface area contributed by atoms with Gasteiger partial charge in [0.25, 0.3) is 0 Å². The number of amides is 15. The molecule has 0 bridgehead atoms. The standard InChI is InChI=1S/C76H118N20O22/c1-40(2)31-50(93-73(115)57-23-16-30-96(57)74(116)55(35-44-19-11-8-12-20-44)94-67(109)48(24-26-58(79)98)87-71(113)54(37-62(103)104)92-72(114)56(39-97)95-63(105)45(78)36-61(101)102)64(106)84-38-60(100)85-46(22-15-29-83-76(81)82)65(107)86-47(21-13-14-28-77)66(108)91-53(34-43-17-9-7-10-18-43)70(112)90-52(33-42(5)6)69(111)89-51(32-41(3)4)68(110)88-49(75(117)118)25-27-59(80)99/h7-12,17-20,40-42,45-57,97H,13-16,21-39,77-78H2,1-6H3,(H2,79,98)(H2,80,99)(H,84,106)(H,85,100)(H,86,107)(H,87,113)(H,88,110)(H,89,111)(H,90,112)(H,91,108)(H,92,114)(H,93,115)(H,94,109)(H,95,105)(H,101,102)(H,103,104)(H,117,118)(H4,81,82,83)/t45-,46-,47-,48-,49-,50-,51-,52-,53-,54-,55-,56-,57-/m0/s1. The number of primary amides is 2. The third-order valence-corrected chi connectivity index (χ3v) is 18.4. The van der Waals surface area contributed by atoms with Crippen molar-refractivity contribution in [2.24, 2.45) is 57.1 Å². The van der Waals surface area contributed by atoms with Gasteiger partial charge in [-0.3, -0.25) is 86.5 Å². The molecule has 1 saturated heterocycles. The van der Waals surface area contributed by atoms with Crippen molar-refractivity contribution in [1.82, 2.24) is 68.7 Å². The summed E-state index contributed by atoms with van der Waals surface area (Å²) in [5.74, 6) is -20.3. The Bertz CT molecular complexity index is 3790. The zero-order valence-electron chi connectivity index (χ0n) is 67.3. The van der Waals surface area contributed by atoms with Gasteiger partial charge in [0.15, 0.2) is 5.96 Å². The number of carbonyl (C=O) groups excluding carboxylic acids is 15. The van der Waals surface area contributed by atoms with Crippen molar-refractivity contribution in [3.8, 4) is 0 Å². The van der Waals surface area contributed by atoms with E-state index in [0.29, 0.717) is 17.5 Å². The predicted octanol–water partition coefficient (Wildman–Crippen LogP) is -5.88. The van der Waals surface area contributed by atoms with E-state index in [-0.39, 0.29) is 127 Å². The van der Waals surface area contributed by atoms with Crippen LogP contribution in [0.3, 0.4) is 0 Å². The Morgan fingerprint density at radius 3 is 1.32 bits per heavy atom. The molecule has 0 spiro atoms. The number of aliphatic carboxylic acids is 3. The molecule has 15 amide bonds. The highest BCUT2D eigenvalue weighted by Crippen LogP contribution is 2.22. The molecule has 28 N–H and O–H groups in total. The number of aliphatic hydroxyl groups is 1. The van der Waals surface area contributed by atoms with Crippen LogP contribution >= 0.6 is 0 Å².